The average Bonchev–Trinajstić information content (AvgIpc) is 2.52. The van der Waals surface area contributed by atoms with E-state index in [-0.39, 0.29) is 18.3 Å². The van der Waals surface area contributed by atoms with E-state index in [4.69, 9.17) is 5.11 Å². The Morgan fingerprint density at radius 1 is 1.13 bits per heavy atom. The van der Waals surface area contributed by atoms with Crippen molar-refractivity contribution >= 4 is 34.3 Å². The molecular formula is C16H13FN4O2. The van der Waals surface area contributed by atoms with Gasteiger partial charge in [0.15, 0.2) is 0 Å². The third-order valence-electron chi connectivity index (χ3n) is 3.09. The molecule has 3 N–H and O–H groups in total. The monoisotopic (exact) mass is 312 g/mol. The molecule has 0 atom stereocenters. The molecule has 0 saturated heterocycles. The molecule has 0 fully saturated rings. The molecule has 0 spiro atoms. The number of aliphatic carboxylic acids is 1. The summed E-state index contributed by atoms with van der Waals surface area (Å²) in [6, 6.07) is 13.1. The smallest absolute Gasteiger partial charge is 0.322 e. The predicted octanol–water partition coefficient (Wildman–Crippen LogP) is 3.01. The zero-order valence-corrected chi connectivity index (χ0v) is 12.0. The van der Waals surface area contributed by atoms with Gasteiger partial charge in [0.2, 0.25) is 5.95 Å². The van der Waals surface area contributed by atoms with E-state index in [0.717, 1.165) is 0 Å². The first-order valence-corrected chi connectivity index (χ1v) is 6.87. The molecule has 0 radical (unpaired) electrons. The van der Waals surface area contributed by atoms with Gasteiger partial charge in [-0.05, 0) is 30.3 Å². The molecule has 2 aromatic carbocycles. The Bertz CT molecular complexity index is 870. The summed E-state index contributed by atoms with van der Waals surface area (Å²) in [5.74, 6) is -0.716. The molecule has 7 heteroatoms. The third kappa shape index (κ3) is 3.52. The lowest BCUT2D eigenvalue weighted by molar-refractivity contribution is -0.134. The van der Waals surface area contributed by atoms with E-state index < -0.39 is 5.97 Å². The van der Waals surface area contributed by atoms with Crippen LogP contribution < -0.4 is 10.6 Å². The Balaban J connectivity index is 1.98. The summed E-state index contributed by atoms with van der Waals surface area (Å²) in [5.41, 5.74) is 1.15. The first-order chi connectivity index (χ1) is 11.1. The number of benzene rings is 2. The van der Waals surface area contributed by atoms with Crippen LogP contribution in [0.3, 0.4) is 0 Å². The molecule has 0 unspecified atom stereocenters. The highest BCUT2D eigenvalue weighted by Crippen LogP contribution is 2.23. The summed E-state index contributed by atoms with van der Waals surface area (Å²) in [7, 11) is 0. The number of nitrogens with one attached hydrogen (secondary N) is 2. The minimum atomic E-state index is -0.993. The highest BCUT2D eigenvalue weighted by atomic mass is 19.1. The van der Waals surface area contributed by atoms with Crippen molar-refractivity contribution in [2.24, 2.45) is 0 Å². The van der Waals surface area contributed by atoms with Crippen molar-refractivity contribution in [2.45, 2.75) is 0 Å². The van der Waals surface area contributed by atoms with Crippen molar-refractivity contribution in [3.8, 4) is 0 Å². The molecule has 0 aliphatic rings. The first-order valence-electron chi connectivity index (χ1n) is 6.87. The average molecular weight is 312 g/mol. The van der Waals surface area contributed by atoms with E-state index >= 15 is 0 Å². The fourth-order valence-electron chi connectivity index (χ4n) is 2.12. The van der Waals surface area contributed by atoms with Crippen LogP contribution in [0.25, 0.3) is 10.9 Å². The summed E-state index contributed by atoms with van der Waals surface area (Å²) in [6.07, 6.45) is 0. The molecule has 3 rings (SSSR count). The van der Waals surface area contributed by atoms with Crippen molar-refractivity contribution in [1.82, 2.24) is 9.97 Å². The number of aromatic nitrogens is 2. The van der Waals surface area contributed by atoms with Gasteiger partial charge in [-0.25, -0.2) is 9.37 Å². The van der Waals surface area contributed by atoms with Crippen LogP contribution in [0.15, 0.2) is 48.5 Å². The molecule has 23 heavy (non-hydrogen) atoms. The number of fused-ring (bicyclic) bond motifs is 1. The highest BCUT2D eigenvalue weighted by molar-refractivity contribution is 5.91. The van der Waals surface area contributed by atoms with Crippen LogP contribution in [0.4, 0.5) is 21.8 Å². The Morgan fingerprint density at radius 3 is 2.74 bits per heavy atom. The zero-order chi connectivity index (χ0) is 16.2. The Hall–Kier alpha value is -3.22. The van der Waals surface area contributed by atoms with Gasteiger partial charge in [-0.3, -0.25) is 4.79 Å². The van der Waals surface area contributed by atoms with E-state index in [2.05, 4.69) is 20.6 Å². The maximum absolute atomic E-state index is 13.3. The Labute approximate surface area is 131 Å². The molecule has 116 valence electrons. The second-order valence-electron chi connectivity index (χ2n) is 4.80. The number of carboxylic acid groups (broad SMARTS) is 1. The minimum absolute atomic E-state index is 0.252. The topological polar surface area (TPSA) is 87.1 Å². The fraction of sp³-hybridized carbons (Fsp3) is 0.0625. The first kappa shape index (κ1) is 14.7. The van der Waals surface area contributed by atoms with Gasteiger partial charge in [-0.2, -0.15) is 4.98 Å². The minimum Gasteiger partial charge on any atom is -0.480 e. The van der Waals surface area contributed by atoms with Crippen LogP contribution >= 0.6 is 0 Å². The summed E-state index contributed by atoms with van der Waals surface area (Å²) < 4.78 is 13.3. The molecule has 0 bridgehead atoms. The molecule has 6 nitrogen and oxygen atoms in total. The quantitative estimate of drug-likeness (QED) is 0.671. The number of nitrogens with zero attached hydrogens (tertiary/aromatic N) is 2. The molecule has 3 aromatic rings. The van der Waals surface area contributed by atoms with Crippen LogP contribution in [0.2, 0.25) is 0 Å². The molecule has 1 heterocycles. The van der Waals surface area contributed by atoms with Gasteiger partial charge in [0.25, 0.3) is 0 Å². The molecular weight excluding hydrogens is 299 g/mol. The van der Waals surface area contributed by atoms with E-state index in [1.165, 1.54) is 12.1 Å². The maximum Gasteiger partial charge on any atom is 0.322 e. The van der Waals surface area contributed by atoms with E-state index in [9.17, 15) is 9.18 Å². The summed E-state index contributed by atoms with van der Waals surface area (Å²) in [4.78, 5) is 19.4. The lowest BCUT2D eigenvalue weighted by atomic mass is 10.2. The number of anilines is 3. The van der Waals surface area contributed by atoms with E-state index in [1.54, 1.807) is 24.3 Å². The van der Waals surface area contributed by atoms with Crippen LogP contribution in [0.1, 0.15) is 0 Å². The van der Waals surface area contributed by atoms with Gasteiger partial charge in [0, 0.05) is 11.1 Å². The number of carbonyl (C=O) groups is 1. The fourth-order valence-corrected chi connectivity index (χ4v) is 2.12. The molecule has 0 aliphatic heterocycles. The SMILES string of the molecule is O=C(O)CNc1nc(Nc2cccc(F)c2)nc2ccccc12. The third-order valence-corrected chi connectivity index (χ3v) is 3.09. The van der Waals surface area contributed by atoms with Crippen molar-refractivity contribution in [1.29, 1.82) is 0 Å². The highest BCUT2D eigenvalue weighted by Gasteiger charge is 2.09. The Kier molecular flexibility index (Phi) is 4.01. The zero-order valence-electron chi connectivity index (χ0n) is 12.0. The number of para-hydroxylation sites is 1. The molecule has 0 saturated carbocycles. The van der Waals surface area contributed by atoms with Crippen molar-refractivity contribution < 1.29 is 14.3 Å². The maximum atomic E-state index is 13.3. The number of hydrogen-bond donors (Lipinski definition) is 3. The van der Waals surface area contributed by atoms with Gasteiger partial charge >= 0.3 is 5.97 Å². The van der Waals surface area contributed by atoms with Gasteiger partial charge in [0.1, 0.15) is 18.2 Å². The Morgan fingerprint density at radius 2 is 1.96 bits per heavy atom. The summed E-state index contributed by atoms with van der Waals surface area (Å²) in [5, 5.41) is 15.2. The lowest BCUT2D eigenvalue weighted by Crippen LogP contribution is -2.14. The van der Waals surface area contributed by atoms with Gasteiger partial charge in [0.05, 0.1) is 5.52 Å². The lowest BCUT2D eigenvalue weighted by Gasteiger charge is -2.10. The van der Waals surface area contributed by atoms with Crippen LogP contribution in [-0.4, -0.2) is 27.6 Å². The van der Waals surface area contributed by atoms with Gasteiger partial charge in [-0.1, -0.05) is 18.2 Å². The van der Waals surface area contributed by atoms with Gasteiger partial charge < -0.3 is 15.7 Å². The van der Waals surface area contributed by atoms with E-state index in [1.807, 2.05) is 12.1 Å². The summed E-state index contributed by atoms with van der Waals surface area (Å²) >= 11 is 0. The molecule has 0 aliphatic carbocycles. The van der Waals surface area contributed by atoms with E-state index in [0.29, 0.717) is 22.4 Å². The van der Waals surface area contributed by atoms with Crippen molar-refractivity contribution in [3.63, 3.8) is 0 Å². The second kappa shape index (κ2) is 6.27. The molecule has 0 amide bonds. The number of rotatable bonds is 5. The number of hydrogen-bond acceptors (Lipinski definition) is 5. The van der Waals surface area contributed by atoms with Crippen molar-refractivity contribution in [3.05, 3.63) is 54.3 Å². The van der Waals surface area contributed by atoms with Crippen LogP contribution in [-0.2, 0) is 4.79 Å². The normalized spacial score (nSPS) is 10.5. The van der Waals surface area contributed by atoms with Crippen LogP contribution in [0, 0.1) is 5.82 Å². The standard InChI is InChI=1S/C16H13FN4O2/c17-10-4-3-5-11(8-10)19-16-20-13-7-2-1-6-12(13)15(21-16)18-9-14(22)23/h1-8H,9H2,(H,22,23)(H2,18,19,20,21). The number of halogens is 1. The molecule has 1 aromatic heterocycles. The van der Waals surface area contributed by atoms with Crippen molar-refractivity contribution in [2.75, 3.05) is 17.2 Å². The largest absolute Gasteiger partial charge is 0.480 e. The number of carboxylic acids is 1. The summed E-state index contributed by atoms with van der Waals surface area (Å²) in [6.45, 7) is -0.263. The second-order valence-corrected chi connectivity index (χ2v) is 4.80. The van der Waals surface area contributed by atoms with Gasteiger partial charge in [-0.15, -0.1) is 0 Å². The van der Waals surface area contributed by atoms with Crippen LogP contribution in [0.5, 0.6) is 0 Å². The predicted molar refractivity (Wildman–Crippen MR) is 85.3 cm³/mol.